The first-order chi connectivity index (χ1) is 10.3. The van der Waals surface area contributed by atoms with E-state index in [2.05, 4.69) is 34.7 Å². The van der Waals surface area contributed by atoms with Crippen molar-refractivity contribution in [2.24, 2.45) is 0 Å². The SMILES string of the molecule is CN(CCCNC(=O)CC1CSCCN1)c1ccccc1. The zero-order valence-corrected chi connectivity index (χ0v) is 13.5. The van der Waals surface area contributed by atoms with E-state index < -0.39 is 0 Å². The summed E-state index contributed by atoms with van der Waals surface area (Å²) in [7, 11) is 2.08. The zero-order chi connectivity index (χ0) is 14.9. The summed E-state index contributed by atoms with van der Waals surface area (Å²) < 4.78 is 0. The highest BCUT2D eigenvalue weighted by molar-refractivity contribution is 7.99. The van der Waals surface area contributed by atoms with Crippen molar-refractivity contribution in [3.63, 3.8) is 0 Å². The highest BCUT2D eigenvalue weighted by Crippen LogP contribution is 2.11. The van der Waals surface area contributed by atoms with Gasteiger partial charge in [0.1, 0.15) is 0 Å². The Morgan fingerprint density at radius 2 is 2.24 bits per heavy atom. The lowest BCUT2D eigenvalue weighted by Crippen LogP contribution is -2.41. The molecule has 1 aliphatic rings. The van der Waals surface area contributed by atoms with Gasteiger partial charge in [-0.3, -0.25) is 4.79 Å². The summed E-state index contributed by atoms with van der Waals surface area (Å²) in [4.78, 5) is 14.1. The molecule has 2 N–H and O–H groups in total. The minimum Gasteiger partial charge on any atom is -0.375 e. The average molecular weight is 307 g/mol. The van der Waals surface area contributed by atoms with Crippen molar-refractivity contribution in [1.82, 2.24) is 10.6 Å². The van der Waals surface area contributed by atoms with Crippen LogP contribution in [-0.2, 0) is 4.79 Å². The molecule has 4 nitrogen and oxygen atoms in total. The van der Waals surface area contributed by atoms with Crippen molar-refractivity contribution in [1.29, 1.82) is 0 Å². The molecule has 0 saturated carbocycles. The van der Waals surface area contributed by atoms with E-state index in [4.69, 9.17) is 0 Å². The van der Waals surface area contributed by atoms with Gasteiger partial charge in [0.2, 0.25) is 5.91 Å². The summed E-state index contributed by atoms with van der Waals surface area (Å²) in [5.74, 6) is 2.37. The number of amides is 1. The van der Waals surface area contributed by atoms with Crippen molar-refractivity contribution in [3.8, 4) is 0 Å². The van der Waals surface area contributed by atoms with Gasteiger partial charge in [-0.05, 0) is 18.6 Å². The van der Waals surface area contributed by atoms with Crippen molar-refractivity contribution in [3.05, 3.63) is 30.3 Å². The van der Waals surface area contributed by atoms with Crippen LogP contribution in [0.1, 0.15) is 12.8 Å². The average Bonchev–Trinajstić information content (AvgIpc) is 2.53. The van der Waals surface area contributed by atoms with Gasteiger partial charge in [0.05, 0.1) is 0 Å². The van der Waals surface area contributed by atoms with E-state index in [9.17, 15) is 4.79 Å². The number of hydrogen-bond donors (Lipinski definition) is 2. The summed E-state index contributed by atoms with van der Waals surface area (Å²) in [6.45, 7) is 2.71. The Kier molecular flexibility index (Phi) is 6.89. The lowest BCUT2D eigenvalue weighted by Gasteiger charge is -2.22. The fourth-order valence-corrected chi connectivity index (χ4v) is 3.35. The van der Waals surface area contributed by atoms with Crippen LogP contribution in [0.3, 0.4) is 0 Å². The maximum absolute atomic E-state index is 11.9. The fraction of sp³-hybridized carbons (Fsp3) is 0.562. The highest BCUT2D eigenvalue weighted by atomic mass is 32.2. The first kappa shape index (κ1) is 16.2. The van der Waals surface area contributed by atoms with Crippen LogP contribution in [0, 0.1) is 0 Å². The highest BCUT2D eigenvalue weighted by Gasteiger charge is 2.16. The van der Waals surface area contributed by atoms with Gasteiger partial charge in [0.15, 0.2) is 0 Å². The summed E-state index contributed by atoms with van der Waals surface area (Å²) >= 11 is 1.93. The number of thioether (sulfide) groups is 1. The Labute approximate surface area is 131 Å². The van der Waals surface area contributed by atoms with E-state index in [1.165, 1.54) is 5.69 Å². The topological polar surface area (TPSA) is 44.4 Å². The van der Waals surface area contributed by atoms with Gasteiger partial charge in [-0.15, -0.1) is 0 Å². The molecule has 0 bridgehead atoms. The first-order valence-corrected chi connectivity index (χ1v) is 8.75. The number of benzene rings is 1. The molecule has 2 rings (SSSR count). The normalized spacial score (nSPS) is 18.2. The Bertz CT molecular complexity index is 421. The molecule has 5 heteroatoms. The number of nitrogens with zero attached hydrogens (tertiary/aromatic N) is 1. The quantitative estimate of drug-likeness (QED) is 0.753. The van der Waals surface area contributed by atoms with Gasteiger partial charge in [-0.2, -0.15) is 11.8 Å². The van der Waals surface area contributed by atoms with E-state index >= 15 is 0 Å². The van der Waals surface area contributed by atoms with Gasteiger partial charge < -0.3 is 15.5 Å². The molecule has 0 radical (unpaired) electrons. The van der Waals surface area contributed by atoms with E-state index in [1.807, 2.05) is 30.0 Å². The number of hydrogen-bond acceptors (Lipinski definition) is 4. The van der Waals surface area contributed by atoms with Gasteiger partial charge in [0.25, 0.3) is 0 Å². The van der Waals surface area contributed by atoms with Crippen LogP contribution in [0.2, 0.25) is 0 Å². The summed E-state index contributed by atoms with van der Waals surface area (Å²) in [6.07, 6.45) is 1.56. The van der Waals surface area contributed by atoms with Crippen LogP contribution in [-0.4, -0.2) is 50.1 Å². The maximum Gasteiger partial charge on any atom is 0.221 e. The molecule has 1 aliphatic heterocycles. The molecule has 1 aromatic carbocycles. The second kappa shape index (κ2) is 8.95. The number of anilines is 1. The van der Waals surface area contributed by atoms with Crippen LogP contribution < -0.4 is 15.5 Å². The molecular formula is C16H25N3OS. The molecule has 21 heavy (non-hydrogen) atoms. The van der Waals surface area contributed by atoms with Gasteiger partial charge >= 0.3 is 0 Å². The lowest BCUT2D eigenvalue weighted by molar-refractivity contribution is -0.121. The maximum atomic E-state index is 11.9. The monoisotopic (exact) mass is 307 g/mol. The Morgan fingerprint density at radius 3 is 2.95 bits per heavy atom. The zero-order valence-electron chi connectivity index (χ0n) is 12.7. The standard InChI is InChI=1S/C16H25N3OS/c1-19(15-6-3-2-4-7-15)10-5-8-18-16(20)12-14-13-21-11-9-17-14/h2-4,6-7,14,17H,5,8-13H2,1H3,(H,18,20). The molecule has 1 unspecified atom stereocenters. The van der Waals surface area contributed by atoms with Gasteiger partial charge in [-0.1, -0.05) is 18.2 Å². The first-order valence-electron chi connectivity index (χ1n) is 7.60. The van der Waals surface area contributed by atoms with Crippen LogP contribution in [0.5, 0.6) is 0 Å². The predicted molar refractivity (Wildman–Crippen MR) is 91.1 cm³/mol. The molecule has 0 aromatic heterocycles. The smallest absolute Gasteiger partial charge is 0.221 e. The Morgan fingerprint density at radius 1 is 1.43 bits per heavy atom. The number of rotatable bonds is 7. The minimum absolute atomic E-state index is 0.164. The van der Waals surface area contributed by atoms with E-state index in [1.54, 1.807) is 0 Å². The second-order valence-corrected chi connectivity index (χ2v) is 6.54. The van der Waals surface area contributed by atoms with Crippen molar-refractivity contribution in [2.75, 3.05) is 43.1 Å². The summed E-state index contributed by atoms with van der Waals surface area (Å²) in [5.41, 5.74) is 1.22. The molecule has 1 saturated heterocycles. The molecule has 0 spiro atoms. The number of nitrogens with one attached hydrogen (secondary N) is 2. The molecule has 1 atom stereocenters. The minimum atomic E-state index is 0.164. The molecule has 1 heterocycles. The lowest BCUT2D eigenvalue weighted by atomic mass is 10.2. The van der Waals surface area contributed by atoms with Gasteiger partial charge in [0, 0.05) is 56.3 Å². The summed E-state index contributed by atoms with van der Waals surface area (Å²) in [5, 5.41) is 6.41. The predicted octanol–water partition coefficient (Wildman–Crippen LogP) is 1.72. The molecule has 1 fully saturated rings. The van der Waals surface area contributed by atoms with Crippen LogP contribution >= 0.6 is 11.8 Å². The molecular weight excluding hydrogens is 282 g/mol. The van der Waals surface area contributed by atoms with E-state index in [0.29, 0.717) is 12.5 Å². The van der Waals surface area contributed by atoms with E-state index in [-0.39, 0.29) is 5.91 Å². The molecule has 1 aromatic rings. The van der Waals surface area contributed by atoms with Gasteiger partial charge in [-0.25, -0.2) is 0 Å². The number of para-hydroxylation sites is 1. The van der Waals surface area contributed by atoms with Crippen molar-refractivity contribution >= 4 is 23.4 Å². The fourth-order valence-electron chi connectivity index (χ4n) is 2.40. The number of carbonyl (C=O) groups is 1. The van der Waals surface area contributed by atoms with Crippen molar-refractivity contribution in [2.45, 2.75) is 18.9 Å². The Hall–Kier alpha value is -1.20. The van der Waals surface area contributed by atoms with Crippen LogP contribution in [0.4, 0.5) is 5.69 Å². The molecule has 1 amide bonds. The third kappa shape index (κ3) is 5.98. The van der Waals surface area contributed by atoms with E-state index in [0.717, 1.165) is 37.6 Å². The second-order valence-electron chi connectivity index (χ2n) is 5.39. The van der Waals surface area contributed by atoms with Crippen LogP contribution in [0.15, 0.2) is 30.3 Å². The summed E-state index contributed by atoms with van der Waals surface area (Å²) in [6, 6.07) is 10.7. The van der Waals surface area contributed by atoms with Crippen molar-refractivity contribution < 1.29 is 4.79 Å². The van der Waals surface area contributed by atoms with Crippen LogP contribution in [0.25, 0.3) is 0 Å². The Balaban J connectivity index is 1.57. The molecule has 116 valence electrons. The third-order valence-electron chi connectivity index (χ3n) is 3.62. The largest absolute Gasteiger partial charge is 0.375 e. The number of carbonyl (C=O) groups excluding carboxylic acids is 1. The molecule has 0 aliphatic carbocycles. The third-order valence-corrected chi connectivity index (χ3v) is 4.75.